The van der Waals surface area contributed by atoms with Gasteiger partial charge in [0.15, 0.2) is 0 Å². The Bertz CT molecular complexity index is 567. The molecule has 3 rings (SSSR count). The van der Waals surface area contributed by atoms with Crippen molar-refractivity contribution in [3.05, 3.63) is 65.7 Å². The van der Waals surface area contributed by atoms with Crippen molar-refractivity contribution in [2.75, 3.05) is 13.1 Å². The van der Waals surface area contributed by atoms with Gasteiger partial charge in [-0.2, -0.15) is 0 Å². The van der Waals surface area contributed by atoms with Gasteiger partial charge in [0.05, 0.1) is 0 Å². The van der Waals surface area contributed by atoms with Gasteiger partial charge in [-0.1, -0.05) is 61.9 Å². The number of para-hydroxylation sites is 1. The van der Waals surface area contributed by atoms with E-state index in [1.165, 1.54) is 24.0 Å². The molecule has 1 unspecified atom stereocenters. The van der Waals surface area contributed by atoms with Gasteiger partial charge in [0, 0.05) is 18.7 Å². The number of nitrogens with zero attached hydrogens (tertiary/aromatic N) is 1. The lowest BCUT2D eigenvalue weighted by Crippen LogP contribution is -2.29. The lowest BCUT2D eigenvalue weighted by Gasteiger charge is -2.24. The number of hydrogen-bond acceptors (Lipinski definition) is 2. The van der Waals surface area contributed by atoms with Gasteiger partial charge >= 0.3 is 0 Å². The fourth-order valence-corrected chi connectivity index (χ4v) is 2.87. The fourth-order valence-electron chi connectivity index (χ4n) is 2.87. The molecule has 0 amide bonds. The van der Waals surface area contributed by atoms with E-state index in [1.807, 2.05) is 0 Å². The summed E-state index contributed by atoms with van der Waals surface area (Å²) in [5.74, 6) is 1.03. The summed E-state index contributed by atoms with van der Waals surface area (Å²) in [6.07, 6.45) is 2.59. The Morgan fingerprint density at radius 1 is 1.05 bits per heavy atom. The van der Waals surface area contributed by atoms with Crippen molar-refractivity contribution in [3.8, 4) is 5.75 Å². The third-order valence-corrected chi connectivity index (χ3v) is 4.06. The molecule has 2 heteroatoms. The van der Waals surface area contributed by atoms with Crippen LogP contribution in [0, 0.1) is 0 Å². The normalized spacial score (nSPS) is 18.6. The maximum Gasteiger partial charge on any atom is 0.136 e. The smallest absolute Gasteiger partial charge is 0.136 e. The Labute approximate surface area is 127 Å². The van der Waals surface area contributed by atoms with Crippen LogP contribution in [0.3, 0.4) is 0 Å². The largest absolute Gasteiger partial charge is 0.484 e. The third-order valence-electron chi connectivity index (χ3n) is 4.06. The summed E-state index contributed by atoms with van der Waals surface area (Å²) in [4.78, 5) is 2.52. The summed E-state index contributed by atoms with van der Waals surface area (Å²) in [7, 11) is 0. The van der Waals surface area contributed by atoms with Crippen molar-refractivity contribution in [2.45, 2.75) is 32.4 Å². The Kier molecular flexibility index (Phi) is 4.56. The molecule has 0 radical (unpaired) electrons. The number of benzene rings is 2. The summed E-state index contributed by atoms with van der Waals surface area (Å²) in [6, 6.07) is 19.0. The van der Waals surface area contributed by atoms with Gasteiger partial charge < -0.3 is 4.74 Å². The molecule has 1 heterocycles. The van der Waals surface area contributed by atoms with Crippen LogP contribution in [0.5, 0.6) is 5.75 Å². The zero-order valence-electron chi connectivity index (χ0n) is 12.7. The molecule has 1 atom stereocenters. The predicted octanol–water partition coefficient (Wildman–Crippen LogP) is 4.42. The molecule has 21 heavy (non-hydrogen) atoms. The molecule has 2 aromatic rings. The molecule has 0 spiro atoms. The van der Waals surface area contributed by atoms with Crippen molar-refractivity contribution < 1.29 is 4.74 Å². The molecule has 0 N–H and O–H groups in total. The Balaban J connectivity index is 1.87. The summed E-state index contributed by atoms with van der Waals surface area (Å²) in [5.41, 5.74) is 2.56. The van der Waals surface area contributed by atoms with E-state index in [0.717, 1.165) is 25.4 Å². The Morgan fingerprint density at radius 2 is 1.81 bits per heavy atom. The second-order valence-corrected chi connectivity index (χ2v) is 5.71. The maximum atomic E-state index is 6.31. The van der Waals surface area contributed by atoms with Crippen molar-refractivity contribution >= 4 is 0 Å². The van der Waals surface area contributed by atoms with Crippen LogP contribution in [-0.4, -0.2) is 18.0 Å². The van der Waals surface area contributed by atoms with Crippen LogP contribution in [0.25, 0.3) is 0 Å². The molecule has 0 aromatic heterocycles. The van der Waals surface area contributed by atoms with Crippen LogP contribution in [0.15, 0.2) is 54.6 Å². The van der Waals surface area contributed by atoms with E-state index < -0.39 is 0 Å². The lowest BCUT2D eigenvalue weighted by atomic mass is 10.1. The van der Waals surface area contributed by atoms with Gasteiger partial charge in [-0.25, -0.2) is 0 Å². The number of rotatable bonds is 4. The van der Waals surface area contributed by atoms with Gasteiger partial charge in [0.2, 0.25) is 0 Å². The molecule has 0 saturated carbocycles. The lowest BCUT2D eigenvalue weighted by molar-refractivity contribution is 0.147. The quantitative estimate of drug-likeness (QED) is 0.822. The standard InChI is InChI=1S/C19H23NO/c1-2-3-13-20-14-17-11-7-8-12-18(17)21-19(15-20)16-9-5-4-6-10-16/h4-12,19H,2-3,13-15H2,1H3. The highest BCUT2D eigenvalue weighted by Crippen LogP contribution is 2.31. The number of ether oxygens (including phenoxy) is 1. The fraction of sp³-hybridized carbons (Fsp3) is 0.368. The van der Waals surface area contributed by atoms with Gasteiger partial charge in [-0.05, 0) is 24.6 Å². The first-order chi connectivity index (χ1) is 10.4. The van der Waals surface area contributed by atoms with Crippen LogP contribution in [0.1, 0.15) is 37.0 Å². The van der Waals surface area contributed by atoms with Crippen molar-refractivity contribution in [1.82, 2.24) is 4.90 Å². The molecular weight excluding hydrogens is 258 g/mol. The third kappa shape index (κ3) is 3.45. The molecule has 2 nitrogen and oxygen atoms in total. The van der Waals surface area contributed by atoms with E-state index >= 15 is 0 Å². The van der Waals surface area contributed by atoms with Gasteiger partial charge in [0.25, 0.3) is 0 Å². The first kappa shape index (κ1) is 14.2. The SMILES string of the molecule is CCCCN1Cc2ccccc2OC(c2ccccc2)C1. The minimum atomic E-state index is 0.117. The zero-order chi connectivity index (χ0) is 14.5. The van der Waals surface area contributed by atoms with Crippen molar-refractivity contribution in [2.24, 2.45) is 0 Å². The van der Waals surface area contributed by atoms with Crippen molar-refractivity contribution in [3.63, 3.8) is 0 Å². The van der Waals surface area contributed by atoms with Gasteiger partial charge in [-0.3, -0.25) is 4.90 Å². The molecule has 0 aliphatic carbocycles. The van der Waals surface area contributed by atoms with E-state index in [2.05, 4.69) is 66.4 Å². The Hall–Kier alpha value is -1.80. The van der Waals surface area contributed by atoms with E-state index in [1.54, 1.807) is 0 Å². The topological polar surface area (TPSA) is 12.5 Å². The molecule has 110 valence electrons. The van der Waals surface area contributed by atoms with Crippen LogP contribution < -0.4 is 4.74 Å². The molecule has 2 aromatic carbocycles. The highest BCUT2D eigenvalue weighted by Gasteiger charge is 2.23. The number of hydrogen-bond donors (Lipinski definition) is 0. The molecule has 0 saturated heterocycles. The molecule has 0 bridgehead atoms. The second-order valence-electron chi connectivity index (χ2n) is 5.71. The summed E-state index contributed by atoms with van der Waals surface area (Å²) < 4.78 is 6.31. The van der Waals surface area contributed by atoms with Crippen LogP contribution in [-0.2, 0) is 6.54 Å². The van der Waals surface area contributed by atoms with E-state index in [4.69, 9.17) is 4.74 Å². The van der Waals surface area contributed by atoms with E-state index in [9.17, 15) is 0 Å². The average molecular weight is 281 g/mol. The number of unbranched alkanes of at least 4 members (excludes halogenated alkanes) is 1. The van der Waals surface area contributed by atoms with Gasteiger partial charge in [-0.15, -0.1) is 0 Å². The average Bonchev–Trinajstić information content (AvgIpc) is 2.73. The molecule has 1 aliphatic rings. The monoisotopic (exact) mass is 281 g/mol. The van der Waals surface area contributed by atoms with Gasteiger partial charge in [0.1, 0.15) is 11.9 Å². The first-order valence-electron chi connectivity index (χ1n) is 7.88. The highest BCUT2D eigenvalue weighted by molar-refractivity contribution is 5.35. The van der Waals surface area contributed by atoms with E-state index in [0.29, 0.717) is 0 Å². The van der Waals surface area contributed by atoms with Crippen LogP contribution in [0.2, 0.25) is 0 Å². The van der Waals surface area contributed by atoms with Crippen molar-refractivity contribution in [1.29, 1.82) is 0 Å². The summed E-state index contributed by atoms with van der Waals surface area (Å²) in [6.45, 7) is 5.33. The minimum absolute atomic E-state index is 0.117. The highest BCUT2D eigenvalue weighted by atomic mass is 16.5. The molecular formula is C19H23NO. The molecule has 1 aliphatic heterocycles. The van der Waals surface area contributed by atoms with Crippen LogP contribution in [0.4, 0.5) is 0 Å². The maximum absolute atomic E-state index is 6.31. The minimum Gasteiger partial charge on any atom is -0.484 e. The zero-order valence-corrected chi connectivity index (χ0v) is 12.7. The second kappa shape index (κ2) is 6.77. The number of fused-ring (bicyclic) bond motifs is 1. The summed E-state index contributed by atoms with van der Waals surface area (Å²) in [5, 5.41) is 0. The Morgan fingerprint density at radius 3 is 2.62 bits per heavy atom. The summed E-state index contributed by atoms with van der Waals surface area (Å²) >= 11 is 0. The van der Waals surface area contributed by atoms with Crippen LogP contribution >= 0.6 is 0 Å². The molecule has 0 fully saturated rings. The predicted molar refractivity (Wildman–Crippen MR) is 86.4 cm³/mol. The first-order valence-corrected chi connectivity index (χ1v) is 7.88. The van der Waals surface area contributed by atoms with E-state index in [-0.39, 0.29) is 6.10 Å².